The van der Waals surface area contributed by atoms with E-state index in [0.29, 0.717) is 5.88 Å². The lowest BCUT2D eigenvalue weighted by molar-refractivity contribution is 0.400. The second-order valence-electron chi connectivity index (χ2n) is 3.57. The van der Waals surface area contributed by atoms with Crippen molar-refractivity contribution in [1.29, 1.82) is 0 Å². The third-order valence-electron chi connectivity index (χ3n) is 2.60. The molecule has 3 nitrogen and oxygen atoms in total. The first-order valence-corrected chi connectivity index (χ1v) is 6.09. The van der Waals surface area contributed by atoms with Crippen molar-refractivity contribution in [3.05, 3.63) is 42.0 Å². The van der Waals surface area contributed by atoms with E-state index in [2.05, 4.69) is 16.0 Å². The van der Waals surface area contributed by atoms with Gasteiger partial charge >= 0.3 is 0 Å². The molecule has 2 heterocycles. The van der Waals surface area contributed by atoms with Crippen LogP contribution in [0.5, 0.6) is 5.88 Å². The number of aromatic nitrogens is 2. The number of methoxy groups -OCH3 is 1. The molecule has 0 atom stereocenters. The summed E-state index contributed by atoms with van der Waals surface area (Å²) in [4.78, 5) is 8.67. The van der Waals surface area contributed by atoms with E-state index in [1.807, 2.05) is 29.8 Å². The van der Waals surface area contributed by atoms with Crippen LogP contribution in [0.25, 0.3) is 21.3 Å². The van der Waals surface area contributed by atoms with E-state index in [-0.39, 0.29) is 0 Å². The fraction of sp³-hybridized carbons (Fsp3) is 0.0769. The summed E-state index contributed by atoms with van der Waals surface area (Å²) in [5.41, 5.74) is 0.973. The fourth-order valence-electron chi connectivity index (χ4n) is 1.85. The molecule has 0 spiro atoms. The normalized spacial score (nSPS) is 10.6. The van der Waals surface area contributed by atoms with E-state index in [9.17, 15) is 0 Å². The van der Waals surface area contributed by atoms with Crippen molar-refractivity contribution in [3.8, 4) is 16.5 Å². The van der Waals surface area contributed by atoms with Crippen LogP contribution in [0.4, 0.5) is 0 Å². The van der Waals surface area contributed by atoms with Crippen LogP contribution >= 0.6 is 11.3 Å². The molecule has 0 bridgehead atoms. The van der Waals surface area contributed by atoms with Crippen LogP contribution in [0.15, 0.2) is 42.0 Å². The number of thiazole rings is 1. The van der Waals surface area contributed by atoms with E-state index in [4.69, 9.17) is 4.74 Å². The van der Waals surface area contributed by atoms with E-state index >= 15 is 0 Å². The molecule has 0 saturated carbocycles. The topological polar surface area (TPSA) is 35.0 Å². The van der Waals surface area contributed by atoms with Crippen LogP contribution in [0, 0.1) is 0 Å². The minimum Gasteiger partial charge on any atom is -0.480 e. The van der Waals surface area contributed by atoms with Crippen molar-refractivity contribution >= 4 is 22.1 Å². The summed E-state index contributed by atoms with van der Waals surface area (Å²) in [6.45, 7) is 0. The summed E-state index contributed by atoms with van der Waals surface area (Å²) >= 11 is 1.59. The molecule has 0 amide bonds. The molecule has 0 aliphatic rings. The van der Waals surface area contributed by atoms with Crippen molar-refractivity contribution in [1.82, 2.24) is 9.97 Å². The molecule has 2 aromatic heterocycles. The van der Waals surface area contributed by atoms with Crippen molar-refractivity contribution in [2.24, 2.45) is 0 Å². The van der Waals surface area contributed by atoms with Crippen LogP contribution in [-0.2, 0) is 0 Å². The lowest BCUT2D eigenvalue weighted by Crippen LogP contribution is -1.92. The minimum absolute atomic E-state index is 0.624. The average molecular weight is 242 g/mol. The van der Waals surface area contributed by atoms with E-state index in [1.165, 1.54) is 0 Å². The smallest absolute Gasteiger partial charge is 0.224 e. The third-order valence-corrected chi connectivity index (χ3v) is 3.40. The summed E-state index contributed by atoms with van der Waals surface area (Å²) in [6, 6.07) is 8.12. The van der Waals surface area contributed by atoms with Gasteiger partial charge in [-0.2, -0.15) is 0 Å². The van der Waals surface area contributed by atoms with Crippen LogP contribution in [-0.4, -0.2) is 17.1 Å². The Morgan fingerprint density at radius 3 is 2.82 bits per heavy atom. The maximum Gasteiger partial charge on any atom is 0.224 e. The Bertz CT molecular complexity index is 650. The monoisotopic (exact) mass is 242 g/mol. The third kappa shape index (κ3) is 1.66. The molecule has 0 aliphatic carbocycles. The van der Waals surface area contributed by atoms with Gasteiger partial charge in [-0.1, -0.05) is 24.3 Å². The SMILES string of the molecule is COc1ncc2ccccc2c1-c1nccs1. The first-order chi connectivity index (χ1) is 8.40. The Balaban J connectivity index is 2.39. The van der Waals surface area contributed by atoms with Gasteiger partial charge in [-0.25, -0.2) is 9.97 Å². The Morgan fingerprint density at radius 2 is 2.06 bits per heavy atom. The quantitative estimate of drug-likeness (QED) is 0.691. The van der Waals surface area contributed by atoms with Gasteiger partial charge in [0.15, 0.2) is 0 Å². The highest BCUT2D eigenvalue weighted by Crippen LogP contribution is 2.35. The number of pyridine rings is 1. The number of hydrogen-bond acceptors (Lipinski definition) is 4. The first-order valence-electron chi connectivity index (χ1n) is 5.22. The van der Waals surface area contributed by atoms with E-state index in [0.717, 1.165) is 21.3 Å². The molecule has 0 fully saturated rings. The average Bonchev–Trinajstić information content (AvgIpc) is 2.91. The molecule has 0 aliphatic heterocycles. The molecular weight excluding hydrogens is 232 g/mol. The van der Waals surface area contributed by atoms with Gasteiger partial charge in [0.25, 0.3) is 0 Å². The molecular formula is C13H10N2OS. The van der Waals surface area contributed by atoms with Gasteiger partial charge in [0, 0.05) is 23.2 Å². The van der Waals surface area contributed by atoms with Crippen molar-refractivity contribution < 1.29 is 4.74 Å². The molecule has 0 N–H and O–H groups in total. The molecule has 0 unspecified atom stereocenters. The zero-order valence-electron chi connectivity index (χ0n) is 9.25. The maximum atomic E-state index is 5.33. The second kappa shape index (κ2) is 4.14. The molecule has 4 heteroatoms. The van der Waals surface area contributed by atoms with Crippen molar-refractivity contribution in [3.63, 3.8) is 0 Å². The molecule has 3 rings (SSSR count). The lowest BCUT2D eigenvalue weighted by atomic mass is 10.1. The summed E-state index contributed by atoms with van der Waals surface area (Å²) < 4.78 is 5.33. The number of fused-ring (bicyclic) bond motifs is 1. The standard InChI is InChI=1S/C13H10N2OS/c1-16-12-11(13-14-6-7-17-13)10-5-3-2-4-9(10)8-15-12/h2-8H,1H3. The summed E-state index contributed by atoms with van der Waals surface area (Å²) in [7, 11) is 1.63. The van der Waals surface area contributed by atoms with E-state index < -0.39 is 0 Å². The molecule has 1 aromatic carbocycles. The van der Waals surface area contributed by atoms with Gasteiger partial charge in [-0.05, 0) is 5.39 Å². The van der Waals surface area contributed by atoms with Crippen LogP contribution in [0.1, 0.15) is 0 Å². The predicted molar refractivity (Wildman–Crippen MR) is 69.4 cm³/mol. The highest BCUT2D eigenvalue weighted by molar-refractivity contribution is 7.13. The van der Waals surface area contributed by atoms with E-state index in [1.54, 1.807) is 24.6 Å². The highest BCUT2D eigenvalue weighted by atomic mass is 32.1. The summed E-state index contributed by atoms with van der Waals surface area (Å²) in [5.74, 6) is 0.624. The fourth-order valence-corrected chi connectivity index (χ4v) is 2.54. The number of ether oxygens (including phenoxy) is 1. The zero-order chi connectivity index (χ0) is 11.7. The Kier molecular flexibility index (Phi) is 2.49. The lowest BCUT2D eigenvalue weighted by Gasteiger charge is -2.08. The minimum atomic E-state index is 0.624. The van der Waals surface area contributed by atoms with Gasteiger partial charge in [0.05, 0.1) is 12.7 Å². The van der Waals surface area contributed by atoms with Gasteiger partial charge in [-0.3, -0.25) is 0 Å². The van der Waals surface area contributed by atoms with Gasteiger partial charge in [-0.15, -0.1) is 11.3 Å². The molecule has 0 saturated heterocycles. The Morgan fingerprint density at radius 1 is 1.18 bits per heavy atom. The van der Waals surface area contributed by atoms with Crippen LogP contribution < -0.4 is 4.74 Å². The summed E-state index contributed by atoms with van der Waals surface area (Å²) in [5, 5.41) is 5.11. The highest BCUT2D eigenvalue weighted by Gasteiger charge is 2.13. The van der Waals surface area contributed by atoms with Gasteiger partial charge in [0.2, 0.25) is 5.88 Å². The zero-order valence-corrected chi connectivity index (χ0v) is 10.1. The van der Waals surface area contributed by atoms with Crippen molar-refractivity contribution in [2.45, 2.75) is 0 Å². The maximum absolute atomic E-state index is 5.33. The first kappa shape index (κ1) is 10.2. The number of nitrogens with zero attached hydrogens (tertiary/aromatic N) is 2. The number of benzene rings is 1. The Labute approximate surface area is 103 Å². The molecule has 17 heavy (non-hydrogen) atoms. The molecule has 3 aromatic rings. The number of rotatable bonds is 2. The van der Waals surface area contributed by atoms with Crippen LogP contribution in [0.2, 0.25) is 0 Å². The number of hydrogen-bond donors (Lipinski definition) is 0. The molecule has 84 valence electrons. The Hall–Kier alpha value is -1.94. The predicted octanol–water partition coefficient (Wildman–Crippen LogP) is 3.37. The summed E-state index contributed by atoms with van der Waals surface area (Å²) in [6.07, 6.45) is 3.62. The second-order valence-corrected chi connectivity index (χ2v) is 4.46. The molecule has 0 radical (unpaired) electrons. The van der Waals surface area contributed by atoms with Crippen LogP contribution in [0.3, 0.4) is 0 Å². The van der Waals surface area contributed by atoms with Gasteiger partial charge < -0.3 is 4.74 Å². The largest absolute Gasteiger partial charge is 0.480 e. The van der Waals surface area contributed by atoms with Gasteiger partial charge in [0.1, 0.15) is 5.01 Å². The van der Waals surface area contributed by atoms with Crippen molar-refractivity contribution in [2.75, 3.05) is 7.11 Å².